The molecule has 1 fully saturated rings. The standard InChI is InChI=1S/C14H18F3NO2S/c1-10-6-11(2)9-18(8-10)21(19,20)13-5-3-4-12(7-13)14(15,16)17/h3-5,7,10-11H,6,8-9H2,1-2H3/t10-,11-/m0/s1. The van der Waals surface area contributed by atoms with Gasteiger partial charge in [0, 0.05) is 13.1 Å². The Morgan fingerprint density at radius 2 is 1.71 bits per heavy atom. The molecule has 0 bridgehead atoms. The molecular formula is C14H18F3NO2S. The lowest BCUT2D eigenvalue weighted by Gasteiger charge is -2.34. The highest BCUT2D eigenvalue weighted by Gasteiger charge is 2.35. The van der Waals surface area contributed by atoms with Crippen LogP contribution in [0.4, 0.5) is 13.2 Å². The van der Waals surface area contributed by atoms with Crippen molar-refractivity contribution in [2.75, 3.05) is 13.1 Å². The highest BCUT2D eigenvalue weighted by Crippen LogP contribution is 2.32. The van der Waals surface area contributed by atoms with Gasteiger partial charge in [-0.25, -0.2) is 8.42 Å². The van der Waals surface area contributed by atoms with E-state index in [1.165, 1.54) is 10.4 Å². The van der Waals surface area contributed by atoms with Crippen LogP contribution in [0.25, 0.3) is 0 Å². The minimum Gasteiger partial charge on any atom is -0.207 e. The lowest BCUT2D eigenvalue weighted by molar-refractivity contribution is -0.137. The monoisotopic (exact) mass is 321 g/mol. The highest BCUT2D eigenvalue weighted by molar-refractivity contribution is 7.89. The molecule has 0 spiro atoms. The maximum Gasteiger partial charge on any atom is 0.416 e. The lowest BCUT2D eigenvalue weighted by Crippen LogP contribution is -2.42. The molecule has 2 rings (SSSR count). The molecule has 1 heterocycles. The predicted molar refractivity (Wildman–Crippen MR) is 73.1 cm³/mol. The minimum atomic E-state index is -4.55. The fourth-order valence-corrected chi connectivity index (χ4v) is 4.51. The molecule has 0 aromatic heterocycles. The first-order chi connectivity index (χ1) is 9.60. The van der Waals surface area contributed by atoms with Crippen LogP contribution in [-0.4, -0.2) is 25.8 Å². The molecule has 0 saturated carbocycles. The summed E-state index contributed by atoms with van der Waals surface area (Å²) in [5.74, 6) is 0.406. The Morgan fingerprint density at radius 1 is 1.14 bits per heavy atom. The van der Waals surface area contributed by atoms with Crippen LogP contribution in [0.2, 0.25) is 0 Å². The average molecular weight is 321 g/mol. The van der Waals surface area contributed by atoms with Gasteiger partial charge in [0.25, 0.3) is 0 Å². The third-order valence-electron chi connectivity index (χ3n) is 3.63. The quantitative estimate of drug-likeness (QED) is 0.837. The highest BCUT2D eigenvalue weighted by atomic mass is 32.2. The van der Waals surface area contributed by atoms with Crippen molar-refractivity contribution in [3.63, 3.8) is 0 Å². The molecule has 3 nitrogen and oxygen atoms in total. The van der Waals surface area contributed by atoms with Gasteiger partial charge in [-0.2, -0.15) is 17.5 Å². The Balaban J connectivity index is 2.36. The van der Waals surface area contributed by atoms with E-state index in [9.17, 15) is 21.6 Å². The summed E-state index contributed by atoms with van der Waals surface area (Å²) in [6.07, 6.45) is -3.62. The first-order valence-electron chi connectivity index (χ1n) is 6.78. The molecule has 1 aliphatic heterocycles. The van der Waals surface area contributed by atoms with Crippen molar-refractivity contribution in [3.05, 3.63) is 29.8 Å². The van der Waals surface area contributed by atoms with E-state index < -0.39 is 21.8 Å². The van der Waals surface area contributed by atoms with Crippen LogP contribution in [0, 0.1) is 11.8 Å². The van der Waals surface area contributed by atoms with Crippen molar-refractivity contribution in [2.24, 2.45) is 11.8 Å². The van der Waals surface area contributed by atoms with Gasteiger partial charge in [-0.1, -0.05) is 19.9 Å². The zero-order valence-corrected chi connectivity index (χ0v) is 12.7. The van der Waals surface area contributed by atoms with Gasteiger partial charge in [0.15, 0.2) is 0 Å². The van der Waals surface area contributed by atoms with E-state index in [0.29, 0.717) is 19.2 Å². The van der Waals surface area contributed by atoms with Crippen molar-refractivity contribution >= 4 is 10.0 Å². The molecule has 118 valence electrons. The Morgan fingerprint density at radius 3 is 2.24 bits per heavy atom. The maximum absolute atomic E-state index is 12.7. The fraction of sp³-hybridized carbons (Fsp3) is 0.571. The molecule has 0 N–H and O–H groups in total. The molecule has 1 saturated heterocycles. The Kier molecular flexibility index (Phi) is 4.35. The molecule has 0 radical (unpaired) electrons. The fourth-order valence-electron chi connectivity index (χ4n) is 2.78. The van der Waals surface area contributed by atoms with Crippen LogP contribution in [0.3, 0.4) is 0 Å². The van der Waals surface area contributed by atoms with Crippen molar-refractivity contribution in [3.8, 4) is 0 Å². The van der Waals surface area contributed by atoms with Crippen LogP contribution < -0.4 is 0 Å². The van der Waals surface area contributed by atoms with E-state index in [2.05, 4.69) is 0 Å². The largest absolute Gasteiger partial charge is 0.416 e. The van der Waals surface area contributed by atoms with Gasteiger partial charge < -0.3 is 0 Å². The SMILES string of the molecule is C[C@H]1C[C@H](C)CN(S(=O)(=O)c2cccc(C(F)(F)F)c2)C1. The summed E-state index contributed by atoms with van der Waals surface area (Å²) in [6.45, 7) is 4.60. The first kappa shape index (κ1) is 16.3. The Bertz CT molecular complexity index is 603. The molecule has 2 atom stereocenters. The Hall–Kier alpha value is -1.08. The summed E-state index contributed by atoms with van der Waals surface area (Å²) in [6, 6.07) is 3.93. The van der Waals surface area contributed by atoms with Gasteiger partial charge in [-0.05, 0) is 36.5 Å². The van der Waals surface area contributed by atoms with Crippen LogP contribution in [0.1, 0.15) is 25.8 Å². The van der Waals surface area contributed by atoms with E-state index in [0.717, 1.165) is 18.6 Å². The third-order valence-corrected chi connectivity index (χ3v) is 5.46. The Labute approximate surface area is 122 Å². The number of alkyl halides is 3. The molecule has 0 amide bonds. The number of hydrogen-bond acceptors (Lipinski definition) is 2. The normalized spacial score (nSPS) is 25.0. The second-order valence-corrected chi connectivity index (χ2v) is 7.73. The van der Waals surface area contributed by atoms with Gasteiger partial charge in [-0.3, -0.25) is 0 Å². The second-order valence-electron chi connectivity index (χ2n) is 5.79. The zero-order valence-electron chi connectivity index (χ0n) is 11.9. The van der Waals surface area contributed by atoms with Gasteiger partial charge in [0.2, 0.25) is 10.0 Å². The van der Waals surface area contributed by atoms with Crippen molar-refractivity contribution < 1.29 is 21.6 Å². The molecule has 1 aromatic carbocycles. The summed E-state index contributed by atoms with van der Waals surface area (Å²) >= 11 is 0. The smallest absolute Gasteiger partial charge is 0.207 e. The lowest BCUT2D eigenvalue weighted by atomic mass is 9.94. The molecule has 0 unspecified atom stereocenters. The number of piperidine rings is 1. The van der Waals surface area contributed by atoms with E-state index in [4.69, 9.17) is 0 Å². The zero-order chi connectivity index (χ0) is 15.8. The maximum atomic E-state index is 12.7. The number of benzene rings is 1. The molecular weight excluding hydrogens is 303 g/mol. The van der Waals surface area contributed by atoms with Crippen LogP contribution in [0.5, 0.6) is 0 Å². The molecule has 1 aliphatic rings. The third kappa shape index (κ3) is 3.58. The first-order valence-corrected chi connectivity index (χ1v) is 8.22. The van der Waals surface area contributed by atoms with E-state index in [-0.39, 0.29) is 16.7 Å². The summed E-state index contributed by atoms with van der Waals surface area (Å²) < 4.78 is 64.5. The van der Waals surface area contributed by atoms with Gasteiger partial charge in [0.1, 0.15) is 0 Å². The number of sulfonamides is 1. The average Bonchev–Trinajstić information content (AvgIpc) is 2.36. The number of rotatable bonds is 2. The summed E-state index contributed by atoms with van der Waals surface area (Å²) in [4.78, 5) is -0.293. The number of halogens is 3. The van der Waals surface area contributed by atoms with Crippen molar-refractivity contribution in [1.82, 2.24) is 4.31 Å². The van der Waals surface area contributed by atoms with Gasteiger partial charge >= 0.3 is 6.18 Å². The number of nitrogens with zero attached hydrogens (tertiary/aromatic N) is 1. The van der Waals surface area contributed by atoms with Crippen LogP contribution in [0.15, 0.2) is 29.2 Å². The van der Waals surface area contributed by atoms with E-state index >= 15 is 0 Å². The van der Waals surface area contributed by atoms with Crippen LogP contribution in [-0.2, 0) is 16.2 Å². The molecule has 7 heteroatoms. The van der Waals surface area contributed by atoms with E-state index in [1.807, 2.05) is 13.8 Å². The van der Waals surface area contributed by atoms with Gasteiger partial charge in [-0.15, -0.1) is 0 Å². The van der Waals surface area contributed by atoms with Gasteiger partial charge in [0.05, 0.1) is 10.5 Å². The van der Waals surface area contributed by atoms with E-state index in [1.54, 1.807) is 0 Å². The topological polar surface area (TPSA) is 37.4 Å². The molecule has 1 aromatic rings. The minimum absolute atomic E-state index is 0.203. The predicted octanol–water partition coefficient (Wildman–Crippen LogP) is 3.37. The molecule has 0 aliphatic carbocycles. The summed E-state index contributed by atoms with van der Waals surface area (Å²) in [5.41, 5.74) is -0.943. The second kappa shape index (κ2) is 5.61. The number of hydrogen-bond donors (Lipinski definition) is 0. The summed E-state index contributed by atoms with van der Waals surface area (Å²) in [5, 5.41) is 0. The summed E-state index contributed by atoms with van der Waals surface area (Å²) in [7, 11) is -3.88. The van der Waals surface area contributed by atoms with Crippen molar-refractivity contribution in [1.29, 1.82) is 0 Å². The van der Waals surface area contributed by atoms with Crippen LogP contribution >= 0.6 is 0 Å². The molecule has 21 heavy (non-hydrogen) atoms. The van der Waals surface area contributed by atoms with Crippen molar-refractivity contribution in [2.45, 2.75) is 31.3 Å².